The molecule has 2 aromatic heterocycles. The number of esters is 1. The summed E-state index contributed by atoms with van der Waals surface area (Å²) in [4.78, 5) is 25.3. The van der Waals surface area contributed by atoms with E-state index in [1.807, 2.05) is 0 Å². The molecule has 24 heavy (non-hydrogen) atoms. The second-order valence-electron chi connectivity index (χ2n) is 5.28. The zero-order valence-electron chi connectivity index (χ0n) is 13.5. The number of ether oxygens (including phenoxy) is 1. The molecule has 0 aromatic carbocycles. The summed E-state index contributed by atoms with van der Waals surface area (Å²) in [5.41, 5.74) is 0. The molecular weight excluding hydrogens is 370 g/mol. The minimum absolute atomic E-state index is 0.208. The molecule has 0 aliphatic carbocycles. The van der Waals surface area contributed by atoms with Gasteiger partial charge in [0.2, 0.25) is 5.13 Å². The number of hydrogen-bond donors (Lipinski definition) is 0. The van der Waals surface area contributed by atoms with Crippen LogP contribution in [0, 0.1) is 0 Å². The number of thiazole rings is 1. The van der Waals surface area contributed by atoms with Crippen LogP contribution in [0.3, 0.4) is 0 Å². The van der Waals surface area contributed by atoms with E-state index in [2.05, 4.69) is 31.1 Å². The van der Waals surface area contributed by atoms with Crippen molar-refractivity contribution >= 4 is 50.7 Å². The Bertz CT molecular complexity index is 720. The molecule has 0 atom stereocenters. The van der Waals surface area contributed by atoms with E-state index in [0.717, 1.165) is 55.1 Å². The summed E-state index contributed by atoms with van der Waals surface area (Å²) in [6.45, 7) is 5.48. The fourth-order valence-corrected chi connectivity index (χ4v) is 4.51. The molecule has 0 spiro atoms. The first-order chi connectivity index (χ1) is 11.6. The summed E-state index contributed by atoms with van der Waals surface area (Å²) >= 11 is 8.80. The molecule has 0 amide bonds. The number of nitrogens with zero attached hydrogens (tertiary/aromatic N) is 5. The van der Waals surface area contributed by atoms with Crippen LogP contribution in [0.5, 0.6) is 0 Å². The summed E-state index contributed by atoms with van der Waals surface area (Å²) in [5.74, 6) is 0.451. The average molecular weight is 388 g/mol. The number of methoxy groups -OCH3 is 1. The van der Waals surface area contributed by atoms with E-state index in [4.69, 9.17) is 16.3 Å². The molecule has 1 fully saturated rings. The lowest BCUT2D eigenvalue weighted by Crippen LogP contribution is -2.30. The number of halogens is 1. The van der Waals surface area contributed by atoms with Crippen LogP contribution < -0.4 is 9.80 Å². The van der Waals surface area contributed by atoms with Crippen molar-refractivity contribution in [2.75, 3.05) is 43.1 Å². The first-order valence-corrected chi connectivity index (χ1v) is 9.66. The molecule has 0 unspecified atom stereocenters. The van der Waals surface area contributed by atoms with Crippen LogP contribution in [-0.2, 0) is 11.2 Å². The van der Waals surface area contributed by atoms with Crippen LogP contribution in [0.15, 0.2) is 0 Å². The van der Waals surface area contributed by atoms with Gasteiger partial charge in [0.05, 0.1) is 7.11 Å². The summed E-state index contributed by atoms with van der Waals surface area (Å²) in [6.07, 6.45) is 1.83. The fraction of sp³-hybridized carbons (Fsp3) is 0.571. The SMILES string of the molecule is CCc1nsc(N2CCCN(c3nc(Cl)c(C(=O)OC)s3)CC2)n1. The van der Waals surface area contributed by atoms with Gasteiger partial charge in [-0.3, -0.25) is 0 Å². The Morgan fingerprint density at radius 2 is 1.92 bits per heavy atom. The number of aromatic nitrogens is 3. The van der Waals surface area contributed by atoms with E-state index in [9.17, 15) is 4.79 Å². The lowest BCUT2D eigenvalue weighted by atomic mass is 10.4. The van der Waals surface area contributed by atoms with Gasteiger partial charge in [-0.05, 0) is 6.42 Å². The minimum Gasteiger partial charge on any atom is -0.465 e. The van der Waals surface area contributed by atoms with E-state index in [1.165, 1.54) is 30.0 Å². The number of rotatable bonds is 4. The van der Waals surface area contributed by atoms with E-state index in [-0.39, 0.29) is 5.15 Å². The molecule has 2 aromatic rings. The zero-order chi connectivity index (χ0) is 17.1. The van der Waals surface area contributed by atoms with Gasteiger partial charge in [0.15, 0.2) is 15.2 Å². The maximum absolute atomic E-state index is 11.7. The predicted octanol–water partition coefficient (Wildman–Crippen LogP) is 2.71. The largest absolute Gasteiger partial charge is 0.465 e. The highest BCUT2D eigenvalue weighted by molar-refractivity contribution is 7.18. The molecule has 1 aliphatic heterocycles. The normalized spacial score (nSPS) is 15.5. The van der Waals surface area contributed by atoms with Crippen molar-refractivity contribution in [3.8, 4) is 0 Å². The third kappa shape index (κ3) is 3.62. The van der Waals surface area contributed by atoms with Gasteiger partial charge in [0, 0.05) is 44.1 Å². The Hall–Kier alpha value is -1.45. The van der Waals surface area contributed by atoms with E-state index in [0.29, 0.717) is 4.88 Å². The van der Waals surface area contributed by atoms with Crippen LogP contribution in [0.4, 0.5) is 10.3 Å². The lowest BCUT2D eigenvalue weighted by Gasteiger charge is -2.20. The number of anilines is 2. The van der Waals surface area contributed by atoms with Crippen molar-refractivity contribution in [2.24, 2.45) is 0 Å². The second kappa shape index (κ2) is 7.62. The first kappa shape index (κ1) is 17.4. The Morgan fingerprint density at radius 3 is 2.54 bits per heavy atom. The minimum atomic E-state index is -0.443. The molecule has 7 nitrogen and oxygen atoms in total. The molecule has 10 heteroatoms. The molecule has 0 bridgehead atoms. The lowest BCUT2D eigenvalue weighted by molar-refractivity contribution is 0.0606. The second-order valence-corrected chi connectivity index (χ2v) is 7.35. The standard InChI is InChI=1S/C14H18ClN5O2S2/c1-3-9-16-14(24-18-9)20-6-4-5-19(7-8-20)13-17-11(15)10(23-13)12(21)22-2/h3-8H2,1-2H3. The number of carbonyl (C=O) groups excluding carboxylic acids is 1. The van der Waals surface area contributed by atoms with Gasteiger partial charge < -0.3 is 14.5 Å². The van der Waals surface area contributed by atoms with Crippen LogP contribution in [-0.4, -0.2) is 53.6 Å². The van der Waals surface area contributed by atoms with Crippen LogP contribution in [0.25, 0.3) is 0 Å². The molecule has 0 saturated carbocycles. The Labute approximate surface area is 153 Å². The summed E-state index contributed by atoms with van der Waals surface area (Å²) in [7, 11) is 1.34. The van der Waals surface area contributed by atoms with Crippen molar-refractivity contribution in [1.29, 1.82) is 0 Å². The third-order valence-corrected chi connectivity index (χ3v) is 6.05. The quantitative estimate of drug-likeness (QED) is 0.747. The van der Waals surface area contributed by atoms with Crippen LogP contribution in [0.1, 0.15) is 28.8 Å². The van der Waals surface area contributed by atoms with Gasteiger partial charge in [-0.2, -0.15) is 4.37 Å². The molecule has 1 aliphatic rings. The van der Waals surface area contributed by atoms with Gasteiger partial charge in [0.1, 0.15) is 5.82 Å². The van der Waals surface area contributed by atoms with Gasteiger partial charge in [0.25, 0.3) is 0 Å². The number of carbonyl (C=O) groups is 1. The molecule has 1 saturated heterocycles. The topological polar surface area (TPSA) is 71.5 Å². The van der Waals surface area contributed by atoms with Crippen molar-refractivity contribution in [1.82, 2.24) is 14.3 Å². The highest BCUT2D eigenvalue weighted by Gasteiger charge is 2.23. The monoisotopic (exact) mass is 387 g/mol. The predicted molar refractivity (Wildman–Crippen MR) is 96.8 cm³/mol. The molecule has 0 radical (unpaired) electrons. The highest BCUT2D eigenvalue weighted by atomic mass is 35.5. The molecule has 3 rings (SSSR count). The van der Waals surface area contributed by atoms with Crippen molar-refractivity contribution in [3.05, 3.63) is 15.9 Å². The van der Waals surface area contributed by atoms with Crippen LogP contribution >= 0.6 is 34.5 Å². The Morgan fingerprint density at radius 1 is 1.21 bits per heavy atom. The molecule has 130 valence electrons. The molecular formula is C14H18ClN5O2S2. The van der Waals surface area contributed by atoms with Crippen molar-refractivity contribution in [3.63, 3.8) is 0 Å². The summed E-state index contributed by atoms with van der Waals surface area (Å²) in [6, 6.07) is 0. The van der Waals surface area contributed by atoms with Gasteiger partial charge in [-0.15, -0.1) is 0 Å². The third-order valence-electron chi connectivity index (χ3n) is 3.76. The number of hydrogen-bond acceptors (Lipinski definition) is 9. The molecule has 0 N–H and O–H groups in total. The van der Waals surface area contributed by atoms with Crippen LogP contribution in [0.2, 0.25) is 5.15 Å². The highest BCUT2D eigenvalue weighted by Crippen LogP contribution is 2.31. The zero-order valence-corrected chi connectivity index (χ0v) is 15.9. The number of aryl methyl sites for hydroxylation is 1. The maximum atomic E-state index is 11.7. The Balaban J connectivity index is 1.70. The van der Waals surface area contributed by atoms with Crippen molar-refractivity contribution in [2.45, 2.75) is 19.8 Å². The van der Waals surface area contributed by atoms with E-state index >= 15 is 0 Å². The fourth-order valence-electron chi connectivity index (χ4n) is 2.46. The van der Waals surface area contributed by atoms with Gasteiger partial charge in [-0.1, -0.05) is 29.9 Å². The average Bonchev–Trinajstić information content (AvgIpc) is 3.14. The van der Waals surface area contributed by atoms with E-state index in [1.54, 1.807) is 0 Å². The Kier molecular flexibility index (Phi) is 5.52. The van der Waals surface area contributed by atoms with Gasteiger partial charge in [-0.25, -0.2) is 14.8 Å². The van der Waals surface area contributed by atoms with E-state index < -0.39 is 5.97 Å². The summed E-state index contributed by atoms with van der Waals surface area (Å²) < 4.78 is 9.09. The van der Waals surface area contributed by atoms with Crippen molar-refractivity contribution < 1.29 is 9.53 Å². The smallest absolute Gasteiger partial charge is 0.351 e. The maximum Gasteiger partial charge on any atom is 0.351 e. The summed E-state index contributed by atoms with van der Waals surface area (Å²) in [5, 5.41) is 1.94. The molecule has 3 heterocycles. The first-order valence-electron chi connectivity index (χ1n) is 7.69. The van der Waals surface area contributed by atoms with Gasteiger partial charge >= 0.3 is 5.97 Å².